The van der Waals surface area contributed by atoms with Crippen molar-refractivity contribution in [2.75, 3.05) is 7.11 Å². The molecule has 1 aromatic rings. The Balaban J connectivity index is 2.36. The van der Waals surface area contributed by atoms with Gasteiger partial charge in [-0.1, -0.05) is 18.5 Å². The fourth-order valence-electron chi connectivity index (χ4n) is 3.25. The van der Waals surface area contributed by atoms with E-state index in [1.54, 1.807) is 13.3 Å². The lowest BCUT2D eigenvalue weighted by Crippen LogP contribution is -2.50. The highest BCUT2D eigenvalue weighted by Gasteiger charge is 2.44. The van der Waals surface area contributed by atoms with Gasteiger partial charge in [-0.25, -0.2) is 5.43 Å². The molecule has 1 saturated carbocycles. The average Bonchev–Trinajstić information content (AvgIpc) is 2.83. The molecule has 6 heteroatoms. The highest BCUT2D eigenvalue weighted by atomic mass is 35.5. The number of aryl methyl sites for hydroxylation is 1. The zero-order chi connectivity index (χ0) is 14.8. The standard InChI is InChI=1S/C14H25ClN4O/c1-4-19-12(11(15)9-17-19)13(18-16)14(20-3)7-5-10(2)6-8-14/h9-10,13,18H,4-8,16H2,1-3H3. The molecule has 1 fully saturated rings. The first-order valence-corrected chi connectivity index (χ1v) is 7.68. The Morgan fingerprint density at radius 3 is 2.75 bits per heavy atom. The van der Waals surface area contributed by atoms with Crippen molar-refractivity contribution in [3.05, 3.63) is 16.9 Å². The number of rotatable bonds is 5. The van der Waals surface area contributed by atoms with E-state index in [1.165, 1.54) is 0 Å². The molecule has 0 aliphatic heterocycles. The largest absolute Gasteiger partial charge is 0.376 e. The molecule has 3 N–H and O–H groups in total. The normalized spacial score (nSPS) is 28.6. The van der Waals surface area contributed by atoms with Crippen molar-refractivity contribution in [2.24, 2.45) is 11.8 Å². The van der Waals surface area contributed by atoms with Crippen molar-refractivity contribution in [2.45, 2.75) is 57.7 Å². The molecule has 0 amide bonds. The van der Waals surface area contributed by atoms with Crippen molar-refractivity contribution in [3.63, 3.8) is 0 Å². The SMILES string of the molecule is CCn1ncc(Cl)c1C(NN)C1(OC)CCC(C)CC1. The van der Waals surface area contributed by atoms with Crippen LogP contribution >= 0.6 is 11.6 Å². The zero-order valence-electron chi connectivity index (χ0n) is 12.5. The molecule has 0 radical (unpaired) electrons. The third kappa shape index (κ3) is 2.72. The van der Waals surface area contributed by atoms with Crippen LogP contribution in [0.2, 0.25) is 5.02 Å². The maximum absolute atomic E-state index is 6.33. The average molecular weight is 301 g/mol. The Morgan fingerprint density at radius 1 is 1.60 bits per heavy atom. The number of nitrogens with one attached hydrogen (secondary N) is 1. The van der Waals surface area contributed by atoms with Crippen molar-refractivity contribution >= 4 is 11.6 Å². The van der Waals surface area contributed by atoms with E-state index in [2.05, 4.69) is 17.4 Å². The van der Waals surface area contributed by atoms with Crippen molar-refractivity contribution in [3.8, 4) is 0 Å². The molecule has 0 aromatic carbocycles. The molecule has 5 nitrogen and oxygen atoms in total. The highest BCUT2D eigenvalue weighted by Crippen LogP contribution is 2.43. The Bertz CT molecular complexity index is 440. The summed E-state index contributed by atoms with van der Waals surface area (Å²) in [6.07, 6.45) is 5.92. The van der Waals surface area contributed by atoms with Crippen molar-refractivity contribution in [1.29, 1.82) is 0 Å². The van der Waals surface area contributed by atoms with Gasteiger partial charge in [0, 0.05) is 13.7 Å². The van der Waals surface area contributed by atoms with Gasteiger partial charge < -0.3 is 4.74 Å². The number of methoxy groups -OCH3 is 1. The first-order chi connectivity index (χ1) is 9.57. The first kappa shape index (κ1) is 15.8. The lowest BCUT2D eigenvalue weighted by Gasteiger charge is -2.43. The minimum atomic E-state index is -0.308. The molecule has 1 aliphatic carbocycles. The monoisotopic (exact) mass is 300 g/mol. The Morgan fingerprint density at radius 2 is 2.25 bits per heavy atom. The van der Waals surface area contributed by atoms with Gasteiger partial charge in [0.1, 0.15) is 0 Å². The second kappa shape index (κ2) is 6.43. The van der Waals surface area contributed by atoms with Crippen LogP contribution in [0.4, 0.5) is 0 Å². The predicted octanol–water partition coefficient (Wildman–Crippen LogP) is 2.66. The minimum Gasteiger partial charge on any atom is -0.376 e. The van der Waals surface area contributed by atoms with E-state index in [4.69, 9.17) is 22.2 Å². The molecular formula is C14H25ClN4O. The third-order valence-corrected chi connectivity index (χ3v) is 4.92. The molecule has 1 aliphatic rings. The van der Waals surface area contributed by atoms with Crippen LogP contribution in [0.25, 0.3) is 0 Å². The van der Waals surface area contributed by atoms with E-state index in [0.717, 1.165) is 43.8 Å². The summed E-state index contributed by atoms with van der Waals surface area (Å²) in [4.78, 5) is 0. The summed E-state index contributed by atoms with van der Waals surface area (Å²) in [5.74, 6) is 6.59. The van der Waals surface area contributed by atoms with Gasteiger partial charge in [0.2, 0.25) is 0 Å². The van der Waals surface area contributed by atoms with Crippen LogP contribution in [0.3, 0.4) is 0 Å². The summed E-state index contributed by atoms with van der Waals surface area (Å²) in [6, 6.07) is -0.144. The van der Waals surface area contributed by atoms with Gasteiger partial charge in [-0.05, 0) is 38.5 Å². The van der Waals surface area contributed by atoms with Gasteiger partial charge in [0.25, 0.3) is 0 Å². The number of nitrogens with zero attached hydrogens (tertiary/aromatic N) is 2. The fourth-order valence-corrected chi connectivity index (χ4v) is 3.50. The molecule has 1 atom stereocenters. The van der Waals surface area contributed by atoms with Gasteiger partial charge in [-0.2, -0.15) is 5.10 Å². The third-order valence-electron chi connectivity index (χ3n) is 4.63. The summed E-state index contributed by atoms with van der Waals surface area (Å²) in [6.45, 7) is 5.09. The van der Waals surface area contributed by atoms with E-state index in [9.17, 15) is 0 Å². The van der Waals surface area contributed by atoms with E-state index >= 15 is 0 Å². The van der Waals surface area contributed by atoms with Crippen LogP contribution in [-0.4, -0.2) is 22.5 Å². The molecule has 2 rings (SSSR count). The molecule has 0 spiro atoms. The number of aromatic nitrogens is 2. The minimum absolute atomic E-state index is 0.144. The second-order valence-corrected chi connectivity index (χ2v) is 6.15. The molecule has 0 bridgehead atoms. The second-order valence-electron chi connectivity index (χ2n) is 5.74. The van der Waals surface area contributed by atoms with Crippen LogP contribution in [-0.2, 0) is 11.3 Å². The van der Waals surface area contributed by atoms with Crippen molar-refractivity contribution in [1.82, 2.24) is 15.2 Å². The lowest BCUT2D eigenvalue weighted by molar-refractivity contribution is -0.0779. The first-order valence-electron chi connectivity index (χ1n) is 7.30. The van der Waals surface area contributed by atoms with E-state index < -0.39 is 0 Å². The molecule has 1 heterocycles. The van der Waals surface area contributed by atoms with Crippen LogP contribution in [0.5, 0.6) is 0 Å². The predicted molar refractivity (Wildman–Crippen MR) is 80.3 cm³/mol. The van der Waals surface area contributed by atoms with Crippen LogP contribution in [0.15, 0.2) is 6.20 Å². The quantitative estimate of drug-likeness (QED) is 0.648. The smallest absolute Gasteiger partial charge is 0.0933 e. The zero-order valence-corrected chi connectivity index (χ0v) is 13.3. The molecule has 1 aromatic heterocycles. The van der Waals surface area contributed by atoms with Crippen molar-refractivity contribution < 1.29 is 4.74 Å². The van der Waals surface area contributed by atoms with Gasteiger partial charge >= 0.3 is 0 Å². The molecular weight excluding hydrogens is 276 g/mol. The van der Waals surface area contributed by atoms with Crippen LogP contribution in [0.1, 0.15) is 51.3 Å². The molecule has 0 saturated heterocycles. The Labute approximate surface area is 125 Å². The Hall–Kier alpha value is -0.620. The number of ether oxygens (including phenoxy) is 1. The van der Waals surface area contributed by atoms with Gasteiger partial charge in [0.15, 0.2) is 0 Å². The molecule has 1 unspecified atom stereocenters. The fraction of sp³-hybridized carbons (Fsp3) is 0.786. The summed E-state index contributed by atoms with van der Waals surface area (Å²) in [7, 11) is 1.76. The summed E-state index contributed by atoms with van der Waals surface area (Å²) in [5.41, 5.74) is 3.54. The van der Waals surface area contributed by atoms with Gasteiger partial charge in [0.05, 0.1) is 28.6 Å². The molecule has 114 valence electrons. The topological polar surface area (TPSA) is 65.1 Å². The number of hydrogen-bond acceptors (Lipinski definition) is 4. The Kier molecular flexibility index (Phi) is 5.07. The van der Waals surface area contributed by atoms with E-state index in [-0.39, 0.29) is 11.6 Å². The van der Waals surface area contributed by atoms with Gasteiger partial charge in [-0.15, -0.1) is 0 Å². The summed E-state index contributed by atoms with van der Waals surface area (Å²) in [5, 5.41) is 4.96. The van der Waals surface area contributed by atoms with Gasteiger partial charge in [-0.3, -0.25) is 10.5 Å². The number of hydrazine groups is 1. The maximum atomic E-state index is 6.33. The number of nitrogens with two attached hydrogens (primary N) is 1. The number of halogens is 1. The maximum Gasteiger partial charge on any atom is 0.0933 e. The molecule has 20 heavy (non-hydrogen) atoms. The van der Waals surface area contributed by atoms with E-state index in [0.29, 0.717) is 5.02 Å². The van der Waals surface area contributed by atoms with E-state index in [1.807, 2.05) is 11.6 Å². The summed E-state index contributed by atoms with van der Waals surface area (Å²) < 4.78 is 7.81. The highest BCUT2D eigenvalue weighted by molar-refractivity contribution is 6.31. The lowest BCUT2D eigenvalue weighted by atomic mass is 9.74. The van der Waals surface area contributed by atoms with Crippen LogP contribution < -0.4 is 11.3 Å². The summed E-state index contributed by atoms with van der Waals surface area (Å²) >= 11 is 6.33. The van der Waals surface area contributed by atoms with Crippen LogP contribution in [0, 0.1) is 5.92 Å². The number of hydrogen-bond donors (Lipinski definition) is 2.